The van der Waals surface area contributed by atoms with Crippen molar-refractivity contribution in [2.24, 2.45) is 23.7 Å². The summed E-state index contributed by atoms with van der Waals surface area (Å²) < 4.78 is 6.78. The Balaban J connectivity index is 1.25. The molecule has 4 fully saturated rings. The Morgan fingerprint density at radius 3 is 2.40 bits per heavy atom. The van der Waals surface area contributed by atoms with E-state index in [1.807, 2.05) is 0 Å². The number of anilines is 1. The topological polar surface area (TPSA) is 94.4 Å². The van der Waals surface area contributed by atoms with E-state index in [4.69, 9.17) is 4.74 Å². The standard InChI is InChI=1S/C22H22BrN3O4/c23-19-3-2-17(26(28)29)10-18(19)22(27)25-16-1-4-20(24-11-16)30-21-14-6-12-5-13(8-14)9-15(21)7-12/h1-4,10-15,21H,5-9H2,(H,25,27). The highest BCUT2D eigenvalue weighted by atomic mass is 79.9. The molecule has 0 aliphatic heterocycles. The first-order valence-electron chi connectivity index (χ1n) is 10.3. The van der Waals surface area contributed by atoms with E-state index >= 15 is 0 Å². The van der Waals surface area contributed by atoms with Crippen LogP contribution in [0.15, 0.2) is 41.0 Å². The predicted molar refractivity (Wildman–Crippen MR) is 114 cm³/mol. The van der Waals surface area contributed by atoms with Crippen LogP contribution in [0.25, 0.3) is 0 Å². The molecule has 1 heterocycles. The number of nitrogens with one attached hydrogen (secondary N) is 1. The average Bonchev–Trinajstić information content (AvgIpc) is 2.71. The lowest BCUT2D eigenvalue weighted by atomic mass is 9.55. The maximum Gasteiger partial charge on any atom is 0.270 e. The Morgan fingerprint density at radius 2 is 1.80 bits per heavy atom. The maximum atomic E-state index is 12.6. The molecule has 0 saturated heterocycles. The molecule has 1 aromatic carbocycles. The molecule has 0 spiro atoms. The molecule has 7 nitrogen and oxygen atoms in total. The van der Waals surface area contributed by atoms with Gasteiger partial charge in [-0.25, -0.2) is 4.98 Å². The maximum absolute atomic E-state index is 12.6. The highest BCUT2D eigenvalue weighted by Gasteiger charge is 2.49. The largest absolute Gasteiger partial charge is 0.474 e. The fourth-order valence-corrected chi connectivity index (χ4v) is 6.16. The number of nitro groups is 1. The molecule has 1 amide bonds. The van der Waals surface area contributed by atoms with Crippen LogP contribution in [-0.2, 0) is 0 Å². The van der Waals surface area contributed by atoms with Crippen LogP contribution in [-0.4, -0.2) is 21.9 Å². The Kier molecular flexibility index (Phi) is 4.97. The van der Waals surface area contributed by atoms with Crippen molar-refractivity contribution in [3.05, 3.63) is 56.7 Å². The number of pyridine rings is 1. The molecule has 6 rings (SSSR count). The quantitative estimate of drug-likeness (QED) is 0.477. The lowest BCUT2D eigenvalue weighted by Crippen LogP contribution is -2.50. The molecule has 156 valence electrons. The van der Waals surface area contributed by atoms with Crippen molar-refractivity contribution in [2.45, 2.75) is 38.2 Å². The van der Waals surface area contributed by atoms with Gasteiger partial charge in [-0.1, -0.05) is 0 Å². The molecule has 8 heteroatoms. The van der Waals surface area contributed by atoms with Gasteiger partial charge < -0.3 is 10.1 Å². The van der Waals surface area contributed by atoms with Crippen LogP contribution in [0.1, 0.15) is 42.5 Å². The van der Waals surface area contributed by atoms with Crippen molar-refractivity contribution in [1.29, 1.82) is 0 Å². The van der Waals surface area contributed by atoms with Crippen LogP contribution in [0.4, 0.5) is 11.4 Å². The van der Waals surface area contributed by atoms with Gasteiger partial charge >= 0.3 is 0 Å². The lowest BCUT2D eigenvalue weighted by molar-refractivity contribution is -0.384. The molecule has 0 radical (unpaired) electrons. The fraction of sp³-hybridized carbons (Fsp3) is 0.455. The summed E-state index contributed by atoms with van der Waals surface area (Å²) in [6.07, 6.45) is 8.36. The van der Waals surface area contributed by atoms with Crippen molar-refractivity contribution in [3.63, 3.8) is 0 Å². The van der Waals surface area contributed by atoms with Crippen LogP contribution < -0.4 is 10.1 Å². The molecule has 30 heavy (non-hydrogen) atoms. The third kappa shape index (κ3) is 3.69. The zero-order valence-electron chi connectivity index (χ0n) is 16.3. The first kappa shape index (κ1) is 19.5. The van der Waals surface area contributed by atoms with E-state index in [9.17, 15) is 14.9 Å². The molecule has 1 N–H and O–H groups in total. The summed E-state index contributed by atoms with van der Waals surface area (Å²) in [5.41, 5.74) is 0.565. The Morgan fingerprint density at radius 1 is 1.10 bits per heavy atom. The normalized spacial score (nSPS) is 28.9. The van der Waals surface area contributed by atoms with Crippen LogP contribution >= 0.6 is 15.9 Å². The number of aromatic nitrogens is 1. The molecule has 0 atom stereocenters. The summed E-state index contributed by atoms with van der Waals surface area (Å²) in [6.45, 7) is 0. The second-order valence-corrected chi connectivity index (χ2v) is 9.63. The number of non-ortho nitro benzene ring substituents is 1. The second-order valence-electron chi connectivity index (χ2n) is 8.77. The number of amides is 1. The van der Waals surface area contributed by atoms with E-state index in [-0.39, 0.29) is 17.4 Å². The number of carbonyl (C=O) groups is 1. The summed E-state index contributed by atoms with van der Waals surface area (Å²) in [4.78, 5) is 27.4. The number of hydrogen-bond acceptors (Lipinski definition) is 5. The third-order valence-corrected chi connectivity index (χ3v) is 7.49. The number of nitro benzene ring substituents is 1. The fourth-order valence-electron chi connectivity index (χ4n) is 5.73. The molecular formula is C22H22BrN3O4. The SMILES string of the molecule is O=C(Nc1ccc(OC2C3CC4CC(C3)CC2C4)nc1)c1cc([N+](=O)[O-])ccc1Br. The van der Waals surface area contributed by atoms with Gasteiger partial charge in [0.05, 0.1) is 22.4 Å². The van der Waals surface area contributed by atoms with E-state index in [2.05, 4.69) is 26.2 Å². The number of hydrogen-bond donors (Lipinski definition) is 1. The van der Waals surface area contributed by atoms with E-state index in [1.54, 1.807) is 18.3 Å². The van der Waals surface area contributed by atoms with Crippen molar-refractivity contribution < 1.29 is 14.5 Å². The number of halogens is 1. The number of carbonyl (C=O) groups excluding carboxylic acids is 1. The van der Waals surface area contributed by atoms with Crippen LogP contribution in [0, 0.1) is 33.8 Å². The van der Waals surface area contributed by atoms with Crippen molar-refractivity contribution in [3.8, 4) is 5.88 Å². The van der Waals surface area contributed by atoms with Gasteiger partial charge in [0.1, 0.15) is 6.10 Å². The molecule has 4 saturated carbocycles. The summed E-state index contributed by atoms with van der Waals surface area (Å²) in [6, 6.07) is 7.62. The monoisotopic (exact) mass is 471 g/mol. The highest BCUT2D eigenvalue weighted by Crippen LogP contribution is 2.54. The Labute approximate surface area is 182 Å². The minimum Gasteiger partial charge on any atom is -0.474 e. The van der Waals surface area contributed by atoms with Gasteiger partial charge in [0.2, 0.25) is 5.88 Å². The molecule has 0 unspecified atom stereocenters. The highest BCUT2D eigenvalue weighted by molar-refractivity contribution is 9.10. The van der Waals surface area contributed by atoms with Gasteiger partial charge in [0.25, 0.3) is 11.6 Å². The van der Waals surface area contributed by atoms with E-state index in [0.29, 0.717) is 27.9 Å². The summed E-state index contributed by atoms with van der Waals surface area (Å²) >= 11 is 3.27. The van der Waals surface area contributed by atoms with Crippen molar-refractivity contribution in [1.82, 2.24) is 4.98 Å². The first-order valence-corrected chi connectivity index (χ1v) is 11.1. The van der Waals surface area contributed by atoms with E-state index in [0.717, 1.165) is 11.8 Å². The number of nitrogens with zero attached hydrogens (tertiary/aromatic N) is 2. The minimum absolute atomic E-state index is 0.138. The molecule has 1 aromatic heterocycles. The van der Waals surface area contributed by atoms with Gasteiger partial charge in [0, 0.05) is 22.7 Å². The molecule has 4 bridgehead atoms. The van der Waals surface area contributed by atoms with Gasteiger partial charge in [-0.3, -0.25) is 14.9 Å². The summed E-state index contributed by atoms with van der Waals surface area (Å²) in [5.74, 6) is 3.23. The van der Waals surface area contributed by atoms with Crippen LogP contribution in [0.3, 0.4) is 0 Å². The van der Waals surface area contributed by atoms with E-state index < -0.39 is 10.8 Å². The Hall–Kier alpha value is -2.48. The van der Waals surface area contributed by atoms with Crippen LogP contribution in [0.5, 0.6) is 5.88 Å². The van der Waals surface area contributed by atoms with Crippen LogP contribution in [0.2, 0.25) is 0 Å². The van der Waals surface area contributed by atoms with Gasteiger partial charge in [-0.15, -0.1) is 0 Å². The summed E-state index contributed by atoms with van der Waals surface area (Å²) in [7, 11) is 0. The second kappa shape index (κ2) is 7.65. The molecule has 4 aliphatic rings. The zero-order chi connectivity index (χ0) is 20.8. The lowest BCUT2D eigenvalue weighted by Gasteiger charge is -2.53. The summed E-state index contributed by atoms with van der Waals surface area (Å²) in [5, 5.41) is 13.7. The molecule has 2 aromatic rings. The van der Waals surface area contributed by atoms with Gasteiger partial charge in [-0.2, -0.15) is 0 Å². The first-order chi connectivity index (χ1) is 14.5. The zero-order valence-corrected chi connectivity index (χ0v) is 17.9. The average molecular weight is 472 g/mol. The Bertz CT molecular complexity index is 966. The number of rotatable bonds is 5. The number of benzene rings is 1. The minimum atomic E-state index is -0.527. The smallest absolute Gasteiger partial charge is 0.270 e. The van der Waals surface area contributed by atoms with Gasteiger partial charge in [0.15, 0.2) is 0 Å². The third-order valence-electron chi connectivity index (χ3n) is 6.80. The molecular weight excluding hydrogens is 450 g/mol. The van der Waals surface area contributed by atoms with Crippen molar-refractivity contribution in [2.75, 3.05) is 5.32 Å². The molecule has 4 aliphatic carbocycles. The predicted octanol–water partition coefficient (Wildman–Crippen LogP) is 5.21. The van der Waals surface area contributed by atoms with Crippen molar-refractivity contribution >= 4 is 33.2 Å². The van der Waals surface area contributed by atoms with E-state index in [1.165, 1.54) is 50.3 Å². The number of ether oxygens (including phenoxy) is 1. The van der Waals surface area contributed by atoms with Gasteiger partial charge in [-0.05, 0) is 83.8 Å².